The molecule has 2 aliphatic rings. The molecule has 0 bridgehead atoms. The van der Waals surface area contributed by atoms with Gasteiger partial charge in [-0.2, -0.15) is 0 Å². The zero-order chi connectivity index (χ0) is 23.7. The Bertz CT molecular complexity index is 1200. The first-order chi connectivity index (χ1) is 15.8. The molecule has 8 heteroatoms. The van der Waals surface area contributed by atoms with Crippen molar-refractivity contribution in [2.24, 2.45) is 0 Å². The fourth-order valence-corrected chi connectivity index (χ4v) is 4.74. The van der Waals surface area contributed by atoms with Crippen LogP contribution in [0.25, 0.3) is 0 Å². The maximum absolute atomic E-state index is 13.9. The zero-order valence-corrected chi connectivity index (χ0v) is 19.3. The third-order valence-electron chi connectivity index (χ3n) is 5.82. The largest absolute Gasteiger partial charge is 0.478 e. The van der Waals surface area contributed by atoms with Gasteiger partial charge in [0.25, 0.3) is 0 Å². The van der Waals surface area contributed by atoms with Crippen LogP contribution in [0.2, 0.25) is 0 Å². The summed E-state index contributed by atoms with van der Waals surface area (Å²) >= 11 is 3.18. The van der Waals surface area contributed by atoms with Crippen molar-refractivity contribution in [1.29, 1.82) is 0 Å². The number of dihydropyridines is 1. The number of esters is 1. The number of allylic oxidation sites excluding steroid dienone is 3. The first-order valence-corrected chi connectivity index (χ1v) is 11.2. The van der Waals surface area contributed by atoms with Crippen LogP contribution in [-0.4, -0.2) is 22.8 Å². The Hall–Kier alpha value is -3.26. The maximum atomic E-state index is 13.9. The molecule has 0 aromatic heterocycles. The van der Waals surface area contributed by atoms with Crippen LogP contribution in [0.5, 0.6) is 0 Å². The SMILES string of the molecule is CC1=C(C(=O)O[C@@H](C(=O)O)c2ccccc2)[C@@H](c2ccc(F)c(Br)c2)C2=C(CCCC2=O)N1. The first-order valence-electron chi connectivity index (χ1n) is 10.5. The van der Waals surface area contributed by atoms with Gasteiger partial charge in [0, 0.05) is 34.9 Å². The molecule has 170 valence electrons. The molecule has 2 N–H and O–H groups in total. The van der Waals surface area contributed by atoms with Gasteiger partial charge in [-0.05, 0) is 53.4 Å². The van der Waals surface area contributed by atoms with Crippen LogP contribution in [0.4, 0.5) is 4.39 Å². The van der Waals surface area contributed by atoms with Crippen molar-refractivity contribution in [2.45, 2.75) is 38.2 Å². The Kier molecular flexibility index (Phi) is 6.47. The maximum Gasteiger partial charge on any atom is 0.349 e. The van der Waals surface area contributed by atoms with E-state index in [1.54, 1.807) is 37.3 Å². The van der Waals surface area contributed by atoms with E-state index in [0.717, 1.165) is 5.70 Å². The molecule has 0 saturated heterocycles. The van der Waals surface area contributed by atoms with Crippen molar-refractivity contribution < 1.29 is 28.6 Å². The molecule has 1 heterocycles. The number of carboxylic acid groups (broad SMARTS) is 1. The zero-order valence-electron chi connectivity index (χ0n) is 17.7. The fraction of sp³-hybridized carbons (Fsp3) is 0.240. The number of rotatable bonds is 5. The Morgan fingerprint density at radius 1 is 1.18 bits per heavy atom. The second-order valence-electron chi connectivity index (χ2n) is 7.97. The average Bonchev–Trinajstić information content (AvgIpc) is 2.79. The lowest BCUT2D eigenvalue weighted by Gasteiger charge is -2.34. The fourth-order valence-electron chi connectivity index (χ4n) is 4.34. The number of hydrogen-bond donors (Lipinski definition) is 2. The lowest BCUT2D eigenvalue weighted by atomic mass is 9.75. The summed E-state index contributed by atoms with van der Waals surface area (Å²) in [6.45, 7) is 1.68. The predicted octanol–water partition coefficient (Wildman–Crippen LogP) is 4.93. The van der Waals surface area contributed by atoms with Crippen molar-refractivity contribution in [3.05, 3.63) is 92.5 Å². The molecule has 1 aliphatic heterocycles. The summed E-state index contributed by atoms with van der Waals surface area (Å²) in [7, 11) is 0. The molecule has 0 saturated carbocycles. The monoisotopic (exact) mass is 513 g/mol. The van der Waals surface area contributed by atoms with E-state index in [-0.39, 0.29) is 15.8 Å². The van der Waals surface area contributed by atoms with E-state index in [2.05, 4.69) is 21.2 Å². The molecule has 0 unspecified atom stereocenters. The summed E-state index contributed by atoms with van der Waals surface area (Å²) in [6, 6.07) is 12.5. The number of Topliss-reactive ketones (excluding diaryl/α,β-unsaturated/α-hetero) is 1. The van der Waals surface area contributed by atoms with E-state index < -0.39 is 29.8 Å². The first kappa shape index (κ1) is 22.9. The van der Waals surface area contributed by atoms with Crippen molar-refractivity contribution in [3.8, 4) is 0 Å². The molecular formula is C25H21BrFNO5. The number of aliphatic carboxylic acids is 1. The molecular weight excluding hydrogens is 493 g/mol. The number of hydrogen-bond acceptors (Lipinski definition) is 5. The minimum absolute atomic E-state index is 0.107. The number of halogens is 2. The van der Waals surface area contributed by atoms with E-state index in [9.17, 15) is 23.9 Å². The molecule has 0 fully saturated rings. The van der Waals surface area contributed by atoms with Gasteiger partial charge in [0.05, 0.1) is 10.0 Å². The Morgan fingerprint density at radius 3 is 2.58 bits per heavy atom. The van der Waals surface area contributed by atoms with Crippen LogP contribution in [0.1, 0.15) is 49.3 Å². The molecule has 2 atom stereocenters. The minimum atomic E-state index is -1.52. The standard InChI is InChI=1S/C25H21BrFNO5/c1-13-20(25(32)33-23(24(30)31)14-6-3-2-4-7-14)21(15-10-11-17(27)16(26)12-15)22-18(28-13)8-5-9-19(22)29/h2-4,6-7,10-12,21,23,28H,5,8-9H2,1H3,(H,30,31)/t21-,23-/m1/s1. The number of carbonyl (C=O) groups is 3. The third-order valence-corrected chi connectivity index (χ3v) is 6.43. The van der Waals surface area contributed by atoms with Crippen molar-refractivity contribution >= 4 is 33.7 Å². The van der Waals surface area contributed by atoms with Gasteiger partial charge in [-0.25, -0.2) is 14.0 Å². The molecule has 33 heavy (non-hydrogen) atoms. The van der Waals surface area contributed by atoms with Crippen LogP contribution >= 0.6 is 15.9 Å². The Balaban J connectivity index is 1.79. The minimum Gasteiger partial charge on any atom is -0.478 e. The Morgan fingerprint density at radius 2 is 1.91 bits per heavy atom. The topological polar surface area (TPSA) is 92.7 Å². The van der Waals surface area contributed by atoms with Crippen LogP contribution in [-0.2, 0) is 19.1 Å². The average molecular weight is 514 g/mol. The highest BCUT2D eigenvalue weighted by Crippen LogP contribution is 2.43. The number of carbonyl (C=O) groups excluding carboxylic acids is 2. The molecule has 0 amide bonds. The molecule has 2 aromatic carbocycles. The van der Waals surface area contributed by atoms with Crippen LogP contribution in [0.3, 0.4) is 0 Å². The molecule has 0 radical (unpaired) electrons. The summed E-state index contributed by atoms with van der Waals surface area (Å²) in [5.41, 5.74) is 2.61. The number of benzene rings is 2. The van der Waals surface area contributed by atoms with Gasteiger partial charge < -0.3 is 15.2 Å². The van der Waals surface area contributed by atoms with Gasteiger partial charge in [0.15, 0.2) is 5.78 Å². The number of ether oxygens (including phenoxy) is 1. The summed E-state index contributed by atoms with van der Waals surface area (Å²) < 4.78 is 19.6. The highest BCUT2D eigenvalue weighted by molar-refractivity contribution is 9.10. The van der Waals surface area contributed by atoms with E-state index >= 15 is 0 Å². The number of ketones is 1. The third kappa shape index (κ3) is 4.48. The highest BCUT2D eigenvalue weighted by Gasteiger charge is 2.40. The van der Waals surface area contributed by atoms with Gasteiger partial charge in [-0.1, -0.05) is 36.4 Å². The Labute approximate surface area is 198 Å². The summed E-state index contributed by atoms with van der Waals surface area (Å²) in [5.74, 6) is -3.55. The molecule has 4 rings (SSSR count). The van der Waals surface area contributed by atoms with Crippen molar-refractivity contribution in [3.63, 3.8) is 0 Å². The summed E-state index contributed by atoms with van der Waals surface area (Å²) in [5, 5.41) is 12.9. The molecule has 2 aromatic rings. The second-order valence-corrected chi connectivity index (χ2v) is 8.83. The smallest absolute Gasteiger partial charge is 0.349 e. The lowest BCUT2D eigenvalue weighted by molar-refractivity contribution is -0.162. The lowest BCUT2D eigenvalue weighted by Crippen LogP contribution is -2.35. The quantitative estimate of drug-likeness (QED) is 0.551. The number of nitrogens with one attached hydrogen (secondary N) is 1. The van der Waals surface area contributed by atoms with Crippen LogP contribution < -0.4 is 5.32 Å². The van der Waals surface area contributed by atoms with Crippen molar-refractivity contribution in [2.75, 3.05) is 0 Å². The van der Waals surface area contributed by atoms with Gasteiger partial charge in [0.2, 0.25) is 6.10 Å². The second kappa shape index (κ2) is 9.31. The summed E-state index contributed by atoms with van der Waals surface area (Å²) in [6.07, 6.45) is 0.147. The van der Waals surface area contributed by atoms with Crippen LogP contribution in [0, 0.1) is 5.82 Å². The van der Waals surface area contributed by atoms with E-state index in [1.165, 1.54) is 18.2 Å². The van der Waals surface area contributed by atoms with Gasteiger partial charge in [-0.3, -0.25) is 4.79 Å². The molecule has 6 nitrogen and oxygen atoms in total. The van der Waals surface area contributed by atoms with Crippen molar-refractivity contribution in [1.82, 2.24) is 5.32 Å². The highest BCUT2D eigenvalue weighted by atomic mass is 79.9. The van der Waals surface area contributed by atoms with Gasteiger partial charge >= 0.3 is 11.9 Å². The van der Waals surface area contributed by atoms with Crippen LogP contribution in [0.15, 0.2) is 75.5 Å². The van der Waals surface area contributed by atoms with E-state index in [0.29, 0.717) is 41.7 Å². The van der Waals surface area contributed by atoms with Gasteiger partial charge in [-0.15, -0.1) is 0 Å². The molecule has 1 aliphatic carbocycles. The normalized spacial score (nSPS) is 19.0. The number of carboxylic acids is 1. The molecule has 0 spiro atoms. The summed E-state index contributed by atoms with van der Waals surface area (Å²) in [4.78, 5) is 38.2. The van der Waals surface area contributed by atoms with Gasteiger partial charge in [0.1, 0.15) is 5.82 Å². The van der Waals surface area contributed by atoms with E-state index in [1.807, 2.05) is 0 Å². The predicted molar refractivity (Wildman–Crippen MR) is 121 cm³/mol. The van der Waals surface area contributed by atoms with E-state index in [4.69, 9.17) is 4.74 Å².